The maximum atomic E-state index is 13.5. The number of hydrogen-bond donors (Lipinski definition) is 8. The maximum absolute atomic E-state index is 13.5. The van der Waals surface area contributed by atoms with E-state index < -0.39 is 23.1 Å². The van der Waals surface area contributed by atoms with Gasteiger partial charge < -0.3 is 41.7 Å². The van der Waals surface area contributed by atoms with Crippen LogP contribution in [0.1, 0.15) is 31.8 Å². The Morgan fingerprint density at radius 2 is 1.18 bits per heavy atom. The molecule has 0 atom stereocenters. The second-order valence-electron chi connectivity index (χ2n) is 7.35. The molecule has 0 unspecified atom stereocenters. The van der Waals surface area contributed by atoms with Crippen LogP contribution < -0.4 is 21.3 Å². The standard InChI is InChI=1S/C22H27ClN4O6/c23-12-11-15(30)18-19(20(12)31)22(33)17-14(27-6-4-25-8-10-29)2-1-13(16(17)21(18)32)26-5-3-24-7-9-28/h1-2,11,24-31H,3-10H2. The van der Waals surface area contributed by atoms with Gasteiger partial charge >= 0.3 is 0 Å². The number of phenols is 2. The van der Waals surface area contributed by atoms with Crippen molar-refractivity contribution in [1.29, 1.82) is 0 Å². The number of benzene rings is 2. The van der Waals surface area contributed by atoms with E-state index in [4.69, 9.17) is 21.8 Å². The minimum absolute atomic E-state index is 0.00196. The van der Waals surface area contributed by atoms with Crippen LogP contribution in [0.3, 0.4) is 0 Å². The van der Waals surface area contributed by atoms with Crippen molar-refractivity contribution in [2.75, 3.05) is 63.1 Å². The number of carbonyl (C=O) groups excluding carboxylic acids is 2. The Morgan fingerprint density at radius 3 is 1.67 bits per heavy atom. The Morgan fingerprint density at radius 1 is 0.697 bits per heavy atom. The number of ketones is 2. The fourth-order valence-corrected chi connectivity index (χ4v) is 3.87. The molecule has 0 heterocycles. The molecule has 0 amide bonds. The van der Waals surface area contributed by atoms with Gasteiger partial charge in [0.1, 0.15) is 11.5 Å². The van der Waals surface area contributed by atoms with Gasteiger partial charge in [0.05, 0.1) is 40.5 Å². The summed E-state index contributed by atoms with van der Waals surface area (Å²) in [4.78, 5) is 26.9. The molecule has 33 heavy (non-hydrogen) atoms. The third-order valence-electron chi connectivity index (χ3n) is 5.16. The molecular weight excluding hydrogens is 452 g/mol. The van der Waals surface area contributed by atoms with Gasteiger partial charge in [-0.1, -0.05) is 11.6 Å². The lowest BCUT2D eigenvalue weighted by molar-refractivity contribution is 0.0975. The first kappa shape index (κ1) is 24.7. The molecule has 11 heteroatoms. The van der Waals surface area contributed by atoms with Crippen molar-refractivity contribution in [1.82, 2.24) is 10.6 Å². The number of carbonyl (C=O) groups is 2. The Kier molecular flexibility index (Phi) is 8.48. The average Bonchev–Trinajstić information content (AvgIpc) is 2.79. The highest BCUT2D eigenvalue weighted by Crippen LogP contribution is 2.45. The number of aliphatic hydroxyl groups is 2. The highest BCUT2D eigenvalue weighted by molar-refractivity contribution is 6.37. The third-order valence-corrected chi connectivity index (χ3v) is 5.45. The Bertz CT molecular complexity index is 1050. The minimum Gasteiger partial charge on any atom is -0.507 e. The molecule has 0 radical (unpaired) electrons. The van der Waals surface area contributed by atoms with E-state index in [1.807, 2.05) is 0 Å². The molecule has 2 aromatic rings. The number of halogens is 1. The van der Waals surface area contributed by atoms with E-state index in [0.717, 1.165) is 6.07 Å². The summed E-state index contributed by atoms with van der Waals surface area (Å²) in [6.45, 7) is 2.67. The van der Waals surface area contributed by atoms with E-state index >= 15 is 0 Å². The third kappa shape index (κ3) is 5.21. The Balaban J connectivity index is 2.01. The van der Waals surface area contributed by atoms with Crippen LogP contribution >= 0.6 is 11.6 Å². The van der Waals surface area contributed by atoms with Crippen molar-refractivity contribution < 1.29 is 30.0 Å². The van der Waals surface area contributed by atoms with E-state index in [0.29, 0.717) is 50.6 Å². The van der Waals surface area contributed by atoms with Crippen LogP contribution in [0.5, 0.6) is 11.5 Å². The van der Waals surface area contributed by atoms with Crippen molar-refractivity contribution in [3.8, 4) is 11.5 Å². The summed E-state index contributed by atoms with van der Waals surface area (Å²) in [6.07, 6.45) is 0. The normalized spacial score (nSPS) is 12.5. The lowest BCUT2D eigenvalue weighted by atomic mass is 9.81. The first-order valence-corrected chi connectivity index (χ1v) is 10.9. The smallest absolute Gasteiger partial charge is 0.200 e. The van der Waals surface area contributed by atoms with Crippen LogP contribution in [-0.4, -0.2) is 84.5 Å². The molecule has 0 saturated carbocycles. The molecule has 8 N–H and O–H groups in total. The van der Waals surface area contributed by atoms with Crippen LogP contribution in [-0.2, 0) is 0 Å². The van der Waals surface area contributed by atoms with E-state index in [1.54, 1.807) is 12.1 Å². The second kappa shape index (κ2) is 11.3. The molecule has 0 aromatic heterocycles. The first-order valence-electron chi connectivity index (χ1n) is 10.5. The predicted octanol–water partition coefficient (Wildman–Crippen LogP) is 0.514. The van der Waals surface area contributed by atoms with E-state index in [2.05, 4.69) is 21.3 Å². The Hall–Kier alpha value is -2.89. The molecule has 1 aliphatic rings. The fraction of sp³-hybridized carbons (Fsp3) is 0.364. The molecule has 178 valence electrons. The summed E-state index contributed by atoms with van der Waals surface area (Å²) < 4.78 is 0. The van der Waals surface area contributed by atoms with Gasteiger partial charge in [0.2, 0.25) is 11.6 Å². The number of rotatable bonds is 12. The number of anilines is 2. The topological polar surface area (TPSA) is 163 Å². The first-order chi connectivity index (χ1) is 15.9. The molecule has 0 spiro atoms. The van der Waals surface area contributed by atoms with Gasteiger partial charge in [-0.15, -0.1) is 0 Å². The number of phenolic OH excluding ortho intramolecular Hbond substituents is 2. The maximum Gasteiger partial charge on any atom is 0.200 e. The van der Waals surface area contributed by atoms with E-state index in [-0.39, 0.29) is 40.5 Å². The summed E-state index contributed by atoms with van der Waals surface area (Å²) in [7, 11) is 0. The zero-order chi connectivity index (χ0) is 24.0. The summed E-state index contributed by atoms with van der Waals surface area (Å²) in [5.41, 5.74) is 0.318. The fourth-order valence-electron chi connectivity index (χ4n) is 3.68. The minimum atomic E-state index is -0.636. The largest absolute Gasteiger partial charge is 0.507 e. The molecule has 1 aliphatic carbocycles. The van der Waals surface area contributed by atoms with Crippen LogP contribution in [0.25, 0.3) is 0 Å². The SMILES string of the molecule is O=C1c2c(O)cc(Cl)c(O)c2C(=O)c2c(NCCNCCO)ccc(NCCNCCO)c21. The van der Waals surface area contributed by atoms with Crippen molar-refractivity contribution in [2.45, 2.75) is 0 Å². The number of nitrogens with one attached hydrogen (secondary N) is 4. The summed E-state index contributed by atoms with van der Waals surface area (Å²) in [6, 6.07) is 4.36. The van der Waals surface area contributed by atoms with Gasteiger partial charge in [-0.2, -0.15) is 0 Å². The molecule has 0 fully saturated rings. The monoisotopic (exact) mass is 478 g/mol. The number of aliphatic hydroxyl groups excluding tert-OH is 2. The number of hydrogen-bond acceptors (Lipinski definition) is 10. The highest BCUT2D eigenvalue weighted by atomic mass is 35.5. The van der Waals surface area contributed by atoms with E-state index in [1.165, 1.54) is 0 Å². The van der Waals surface area contributed by atoms with Gasteiger partial charge in [0.15, 0.2) is 0 Å². The highest BCUT2D eigenvalue weighted by Gasteiger charge is 2.38. The van der Waals surface area contributed by atoms with Gasteiger partial charge in [-0.05, 0) is 12.1 Å². The van der Waals surface area contributed by atoms with Crippen molar-refractivity contribution in [2.24, 2.45) is 0 Å². The van der Waals surface area contributed by atoms with Crippen molar-refractivity contribution in [3.63, 3.8) is 0 Å². The molecule has 2 aromatic carbocycles. The number of fused-ring (bicyclic) bond motifs is 2. The van der Waals surface area contributed by atoms with Crippen LogP contribution in [0.2, 0.25) is 5.02 Å². The summed E-state index contributed by atoms with van der Waals surface area (Å²) in [5.74, 6) is -2.30. The molecule has 0 saturated heterocycles. The molecule has 0 aliphatic heterocycles. The lowest BCUT2D eigenvalue weighted by Gasteiger charge is -2.25. The van der Waals surface area contributed by atoms with Gasteiger partial charge in [0.25, 0.3) is 0 Å². The second-order valence-corrected chi connectivity index (χ2v) is 7.75. The average molecular weight is 479 g/mol. The van der Waals surface area contributed by atoms with Crippen LogP contribution in [0.15, 0.2) is 18.2 Å². The quantitative estimate of drug-likeness (QED) is 0.136. The zero-order valence-electron chi connectivity index (χ0n) is 17.9. The Labute approximate surface area is 195 Å². The van der Waals surface area contributed by atoms with Crippen LogP contribution in [0.4, 0.5) is 11.4 Å². The molecule has 0 bridgehead atoms. The zero-order valence-corrected chi connectivity index (χ0v) is 18.6. The van der Waals surface area contributed by atoms with Gasteiger partial charge in [-0.3, -0.25) is 9.59 Å². The molecular formula is C22H27ClN4O6. The summed E-state index contributed by atoms with van der Waals surface area (Å²) >= 11 is 5.95. The molecule has 10 nitrogen and oxygen atoms in total. The van der Waals surface area contributed by atoms with Crippen molar-refractivity contribution >= 4 is 34.5 Å². The number of aromatic hydroxyl groups is 2. The van der Waals surface area contributed by atoms with Gasteiger partial charge in [-0.25, -0.2) is 0 Å². The summed E-state index contributed by atoms with van der Waals surface area (Å²) in [5, 5.41) is 50.5. The molecule has 3 rings (SSSR count). The van der Waals surface area contributed by atoms with Gasteiger partial charge in [0, 0.05) is 56.7 Å². The van der Waals surface area contributed by atoms with E-state index in [9.17, 15) is 19.8 Å². The lowest BCUT2D eigenvalue weighted by Crippen LogP contribution is -2.29. The predicted molar refractivity (Wildman–Crippen MR) is 125 cm³/mol. The van der Waals surface area contributed by atoms with Crippen LogP contribution in [0, 0.1) is 0 Å². The van der Waals surface area contributed by atoms with Crippen molar-refractivity contribution in [3.05, 3.63) is 45.5 Å².